The third-order valence-corrected chi connectivity index (χ3v) is 4.88. The summed E-state index contributed by atoms with van der Waals surface area (Å²) in [6.07, 6.45) is 1.68. The number of benzene rings is 1. The SMILES string of the molecule is CCCC(COc1ccc(Br)c(C)c1)CS(=O)(=O)Cl. The molecular weight excluding hydrogens is 352 g/mol. The van der Waals surface area contributed by atoms with Gasteiger partial charge in [0.15, 0.2) is 0 Å². The molecule has 19 heavy (non-hydrogen) atoms. The zero-order chi connectivity index (χ0) is 14.5. The zero-order valence-corrected chi connectivity index (χ0v) is 14.2. The lowest BCUT2D eigenvalue weighted by atomic mass is 10.1. The standard InChI is InChI=1S/C13H18BrClO3S/c1-3-4-11(9-19(15,16)17)8-18-12-5-6-13(14)10(2)7-12/h5-7,11H,3-4,8-9H2,1-2H3. The van der Waals surface area contributed by atoms with Crippen molar-refractivity contribution < 1.29 is 13.2 Å². The van der Waals surface area contributed by atoms with Gasteiger partial charge in [-0.2, -0.15) is 0 Å². The second kappa shape index (κ2) is 7.50. The molecular formula is C13H18BrClO3S. The molecule has 0 aromatic heterocycles. The van der Waals surface area contributed by atoms with E-state index in [9.17, 15) is 8.42 Å². The smallest absolute Gasteiger partial charge is 0.232 e. The molecule has 1 aromatic rings. The van der Waals surface area contributed by atoms with E-state index in [0.29, 0.717) is 6.61 Å². The van der Waals surface area contributed by atoms with Gasteiger partial charge in [0, 0.05) is 21.1 Å². The molecule has 108 valence electrons. The van der Waals surface area contributed by atoms with Crippen molar-refractivity contribution in [3.05, 3.63) is 28.2 Å². The number of halogens is 2. The van der Waals surface area contributed by atoms with E-state index in [-0.39, 0.29) is 11.7 Å². The number of hydrogen-bond acceptors (Lipinski definition) is 3. The lowest BCUT2D eigenvalue weighted by Crippen LogP contribution is -2.19. The molecule has 1 aromatic carbocycles. The highest BCUT2D eigenvalue weighted by Crippen LogP contribution is 2.22. The molecule has 0 aliphatic heterocycles. The minimum absolute atomic E-state index is 0.0437. The van der Waals surface area contributed by atoms with Crippen molar-refractivity contribution in [2.45, 2.75) is 26.7 Å². The highest BCUT2D eigenvalue weighted by Gasteiger charge is 2.17. The highest BCUT2D eigenvalue weighted by molar-refractivity contribution is 9.10. The van der Waals surface area contributed by atoms with Crippen molar-refractivity contribution >= 4 is 35.7 Å². The summed E-state index contributed by atoms with van der Waals surface area (Å²) in [5.41, 5.74) is 1.08. The normalized spacial score (nSPS) is 13.3. The van der Waals surface area contributed by atoms with Gasteiger partial charge in [-0.25, -0.2) is 8.42 Å². The predicted molar refractivity (Wildman–Crippen MR) is 82.4 cm³/mol. The van der Waals surface area contributed by atoms with Crippen molar-refractivity contribution in [2.75, 3.05) is 12.4 Å². The van der Waals surface area contributed by atoms with Crippen LogP contribution in [0.2, 0.25) is 0 Å². The Bertz CT molecular complexity index is 517. The Labute approximate surface area is 127 Å². The maximum Gasteiger partial charge on any atom is 0.232 e. The summed E-state index contributed by atoms with van der Waals surface area (Å²) in [7, 11) is 1.82. The maximum atomic E-state index is 11.1. The molecule has 0 aliphatic rings. The molecule has 0 N–H and O–H groups in total. The van der Waals surface area contributed by atoms with Crippen LogP contribution in [0.25, 0.3) is 0 Å². The van der Waals surface area contributed by atoms with Crippen LogP contribution in [-0.4, -0.2) is 20.8 Å². The van der Waals surface area contributed by atoms with Crippen LogP contribution in [0.5, 0.6) is 5.75 Å². The van der Waals surface area contributed by atoms with Crippen LogP contribution in [-0.2, 0) is 9.05 Å². The Morgan fingerprint density at radius 3 is 2.63 bits per heavy atom. The van der Waals surface area contributed by atoms with E-state index in [0.717, 1.165) is 28.6 Å². The first-order valence-corrected chi connectivity index (χ1v) is 9.40. The fraction of sp³-hybridized carbons (Fsp3) is 0.538. The average Bonchev–Trinajstić information content (AvgIpc) is 2.29. The largest absolute Gasteiger partial charge is 0.493 e. The fourth-order valence-corrected chi connectivity index (χ4v) is 3.43. The Morgan fingerprint density at radius 1 is 1.42 bits per heavy atom. The number of rotatable bonds is 7. The van der Waals surface area contributed by atoms with Crippen LogP contribution in [0, 0.1) is 12.8 Å². The number of hydrogen-bond donors (Lipinski definition) is 0. The minimum Gasteiger partial charge on any atom is -0.493 e. The Balaban J connectivity index is 2.62. The van der Waals surface area contributed by atoms with Gasteiger partial charge in [0.1, 0.15) is 5.75 Å². The first-order chi connectivity index (χ1) is 8.81. The summed E-state index contributed by atoms with van der Waals surface area (Å²) >= 11 is 3.42. The van der Waals surface area contributed by atoms with E-state index in [2.05, 4.69) is 15.9 Å². The molecule has 3 nitrogen and oxygen atoms in total. The van der Waals surface area contributed by atoms with E-state index in [4.69, 9.17) is 15.4 Å². The third kappa shape index (κ3) is 6.63. The van der Waals surface area contributed by atoms with Crippen molar-refractivity contribution in [3.63, 3.8) is 0 Å². The molecule has 0 saturated heterocycles. The molecule has 1 rings (SSSR count). The Morgan fingerprint density at radius 2 is 2.11 bits per heavy atom. The van der Waals surface area contributed by atoms with Crippen LogP contribution < -0.4 is 4.74 Å². The Hall–Kier alpha value is -0.260. The summed E-state index contributed by atoms with van der Waals surface area (Å²) < 4.78 is 28.9. The summed E-state index contributed by atoms with van der Waals surface area (Å²) in [6.45, 7) is 4.35. The lowest BCUT2D eigenvalue weighted by Gasteiger charge is -2.16. The molecule has 0 heterocycles. The summed E-state index contributed by atoms with van der Waals surface area (Å²) in [5.74, 6) is 0.628. The van der Waals surface area contributed by atoms with Crippen molar-refractivity contribution in [3.8, 4) is 5.75 Å². The van der Waals surface area contributed by atoms with Crippen LogP contribution in [0.3, 0.4) is 0 Å². The minimum atomic E-state index is -3.48. The monoisotopic (exact) mass is 368 g/mol. The lowest BCUT2D eigenvalue weighted by molar-refractivity contribution is 0.253. The van der Waals surface area contributed by atoms with Crippen LogP contribution in [0.1, 0.15) is 25.3 Å². The molecule has 1 unspecified atom stereocenters. The first kappa shape index (κ1) is 16.8. The molecule has 0 spiro atoms. The topological polar surface area (TPSA) is 43.4 Å². The van der Waals surface area contributed by atoms with Gasteiger partial charge < -0.3 is 4.74 Å². The van der Waals surface area contributed by atoms with Gasteiger partial charge in [-0.15, -0.1) is 0 Å². The number of ether oxygens (including phenoxy) is 1. The van der Waals surface area contributed by atoms with Crippen LogP contribution >= 0.6 is 26.6 Å². The van der Waals surface area contributed by atoms with Gasteiger partial charge in [-0.3, -0.25) is 0 Å². The van der Waals surface area contributed by atoms with E-state index in [1.54, 1.807) is 0 Å². The summed E-state index contributed by atoms with van der Waals surface area (Å²) in [6, 6.07) is 5.69. The van der Waals surface area contributed by atoms with E-state index < -0.39 is 9.05 Å². The fourth-order valence-electron chi connectivity index (χ4n) is 1.83. The highest BCUT2D eigenvalue weighted by atomic mass is 79.9. The second-order valence-electron chi connectivity index (χ2n) is 4.58. The average molecular weight is 370 g/mol. The predicted octanol–water partition coefficient (Wildman–Crippen LogP) is 4.12. The molecule has 0 bridgehead atoms. The molecule has 6 heteroatoms. The van der Waals surface area contributed by atoms with Gasteiger partial charge in [0.05, 0.1) is 12.4 Å². The van der Waals surface area contributed by atoms with Crippen LogP contribution in [0.4, 0.5) is 0 Å². The quantitative estimate of drug-likeness (QED) is 0.679. The maximum absolute atomic E-state index is 11.1. The molecule has 0 amide bonds. The zero-order valence-electron chi connectivity index (χ0n) is 11.0. The molecule has 0 fully saturated rings. The van der Waals surface area contributed by atoms with Gasteiger partial charge in [-0.1, -0.05) is 29.3 Å². The van der Waals surface area contributed by atoms with Gasteiger partial charge >= 0.3 is 0 Å². The molecule has 0 saturated carbocycles. The van der Waals surface area contributed by atoms with E-state index >= 15 is 0 Å². The van der Waals surface area contributed by atoms with E-state index in [1.807, 2.05) is 32.0 Å². The van der Waals surface area contributed by atoms with Crippen molar-refractivity contribution in [2.24, 2.45) is 5.92 Å². The number of aryl methyl sites for hydroxylation is 1. The second-order valence-corrected chi connectivity index (χ2v) is 8.26. The van der Waals surface area contributed by atoms with Gasteiger partial charge in [-0.05, 0) is 37.1 Å². The molecule has 0 aliphatic carbocycles. The first-order valence-electron chi connectivity index (χ1n) is 6.13. The van der Waals surface area contributed by atoms with Crippen molar-refractivity contribution in [1.82, 2.24) is 0 Å². The third-order valence-electron chi connectivity index (χ3n) is 2.75. The summed E-state index contributed by atoms with van der Waals surface area (Å²) in [4.78, 5) is 0. The summed E-state index contributed by atoms with van der Waals surface area (Å²) in [5, 5.41) is 0. The van der Waals surface area contributed by atoms with Gasteiger partial charge in [0.2, 0.25) is 9.05 Å². The van der Waals surface area contributed by atoms with E-state index in [1.165, 1.54) is 0 Å². The van der Waals surface area contributed by atoms with Crippen LogP contribution in [0.15, 0.2) is 22.7 Å². The van der Waals surface area contributed by atoms with Crippen molar-refractivity contribution in [1.29, 1.82) is 0 Å². The molecule has 0 radical (unpaired) electrons. The molecule has 1 atom stereocenters. The Kier molecular flexibility index (Phi) is 6.63. The van der Waals surface area contributed by atoms with Gasteiger partial charge in [0.25, 0.3) is 0 Å².